The SMILES string of the molecule is CC1CCCCN1Cc1ccc([C@H]2COc3ccccc3O2)cc1.OCC1CCCN(Cc2ccc([C@H]3COc4ccccc4O3)cc2)C1. The zero-order valence-corrected chi connectivity index (χ0v) is 28.7. The first-order valence-electron chi connectivity index (χ1n) is 18.1. The van der Waals surface area contributed by atoms with Gasteiger partial charge in [-0.3, -0.25) is 9.80 Å². The van der Waals surface area contributed by atoms with Gasteiger partial charge in [0.1, 0.15) is 13.2 Å². The van der Waals surface area contributed by atoms with Crippen LogP contribution in [0.1, 0.15) is 73.5 Å². The third-order valence-corrected chi connectivity index (χ3v) is 10.3. The molecule has 2 saturated heterocycles. The summed E-state index contributed by atoms with van der Waals surface area (Å²) >= 11 is 0. The van der Waals surface area contributed by atoms with E-state index < -0.39 is 0 Å². The largest absolute Gasteiger partial charge is 0.485 e. The van der Waals surface area contributed by atoms with Crippen molar-refractivity contribution >= 4 is 0 Å². The summed E-state index contributed by atoms with van der Waals surface area (Å²) in [5.74, 6) is 3.73. The number of hydrogen-bond donors (Lipinski definition) is 1. The fourth-order valence-corrected chi connectivity index (χ4v) is 7.37. The van der Waals surface area contributed by atoms with Gasteiger partial charge in [0, 0.05) is 32.3 Å². The number of aliphatic hydroxyl groups is 1. The van der Waals surface area contributed by atoms with Gasteiger partial charge in [0.2, 0.25) is 0 Å². The van der Waals surface area contributed by atoms with Crippen LogP contribution in [0.2, 0.25) is 0 Å². The number of nitrogens with zero attached hydrogens (tertiary/aromatic N) is 2. The highest BCUT2D eigenvalue weighted by molar-refractivity contribution is 5.42. The van der Waals surface area contributed by atoms with Crippen molar-refractivity contribution in [3.63, 3.8) is 0 Å². The molecule has 2 unspecified atom stereocenters. The molecule has 1 N–H and O–H groups in total. The van der Waals surface area contributed by atoms with E-state index in [0.29, 0.717) is 31.8 Å². The number of aliphatic hydroxyl groups excluding tert-OH is 1. The third-order valence-electron chi connectivity index (χ3n) is 10.3. The summed E-state index contributed by atoms with van der Waals surface area (Å²) in [5, 5.41) is 9.37. The van der Waals surface area contributed by atoms with Crippen molar-refractivity contribution in [1.82, 2.24) is 9.80 Å². The maximum Gasteiger partial charge on any atom is 0.162 e. The minimum absolute atomic E-state index is 0.0251. The van der Waals surface area contributed by atoms with Gasteiger partial charge in [-0.05, 0) is 98.1 Å². The summed E-state index contributed by atoms with van der Waals surface area (Å²) in [4.78, 5) is 5.03. The fraction of sp³-hybridized carbons (Fsp3) is 0.429. The van der Waals surface area contributed by atoms with E-state index >= 15 is 0 Å². The Morgan fingerprint density at radius 1 is 0.612 bits per heavy atom. The molecule has 4 aliphatic rings. The van der Waals surface area contributed by atoms with E-state index in [1.807, 2.05) is 48.5 Å². The van der Waals surface area contributed by atoms with Crippen molar-refractivity contribution < 1.29 is 24.1 Å². The number of ether oxygens (including phenoxy) is 4. The second kappa shape index (κ2) is 16.1. The molecular formula is C42H50N2O5. The van der Waals surface area contributed by atoms with E-state index in [-0.39, 0.29) is 12.2 Å². The lowest BCUT2D eigenvalue weighted by atomic mass is 9.98. The molecule has 4 atom stereocenters. The monoisotopic (exact) mass is 662 g/mol. The number of rotatable bonds is 7. The standard InChI is InChI=1S/C21H25NO3.C21H25NO2/c23-14-17-4-3-11-22(13-17)12-16-7-9-18(10-8-16)21-15-24-19-5-1-2-6-20(19)25-21;1-16-6-4-5-13-22(16)14-17-9-11-18(12-10-17)21-15-23-19-7-2-3-8-20(19)24-21/h1-2,5-10,17,21,23H,3-4,11-15H2;2-3,7-12,16,21H,4-6,13-15H2,1H3/t17?,21-;16?,21-/m11/s1. The van der Waals surface area contributed by atoms with Gasteiger partial charge in [-0.15, -0.1) is 0 Å². The molecule has 0 radical (unpaired) electrons. The van der Waals surface area contributed by atoms with Crippen LogP contribution in [0.4, 0.5) is 0 Å². The lowest BCUT2D eigenvalue weighted by Gasteiger charge is -2.33. The van der Waals surface area contributed by atoms with Gasteiger partial charge < -0.3 is 24.1 Å². The van der Waals surface area contributed by atoms with E-state index in [4.69, 9.17) is 18.9 Å². The molecule has 4 aromatic rings. The topological polar surface area (TPSA) is 63.6 Å². The van der Waals surface area contributed by atoms with E-state index in [0.717, 1.165) is 61.2 Å². The first kappa shape index (κ1) is 33.5. The molecule has 4 heterocycles. The second-order valence-corrected chi connectivity index (χ2v) is 14.0. The van der Waals surface area contributed by atoms with Crippen LogP contribution in [-0.4, -0.2) is 60.4 Å². The fourth-order valence-electron chi connectivity index (χ4n) is 7.37. The molecule has 7 nitrogen and oxygen atoms in total. The average Bonchev–Trinajstić information content (AvgIpc) is 3.16. The summed E-state index contributed by atoms with van der Waals surface area (Å²) in [6.45, 7) is 9.09. The Kier molecular flexibility index (Phi) is 11.0. The quantitative estimate of drug-likeness (QED) is 0.215. The number of fused-ring (bicyclic) bond motifs is 2. The summed E-state index contributed by atoms with van der Waals surface area (Å²) in [6.07, 6.45) is 6.26. The van der Waals surface area contributed by atoms with Gasteiger partial charge >= 0.3 is 0 Å². The molecule has 0 aliphatic carbocycles. The summed E-state index contributed by atoms with van der Waals surface area (Å²) in [5.41, 5.74) is 5.01. The summed E-state index contributed by atoms with van der Waals surface area (Å²) < 4.78 is 23.8. The normalized spacial score (nSPS) is 23.6. The molecule has 0 bridgehead atoms. The van der Waals surface area contributed by atoms with Crippen molar-refractivity contribution in [2.24, 2.45) is 5.92 Å². The van der Waals surface area contributed by atoms with Gasteiger partial charge in [-0.1, -0.05) is 79.2 Å². The number of para-hydroxylation sites is 4. The van der Waals surface area contributed by atoms with Crippen molar-refractivity contribution in [2.75, 3.05) is 39.5 Å². The Labute approximate surface area is 291 Å². The number of likely N-dealkylation sites (tertiary alicyclic amines) is 2. The minimum atomic E-state index is -0.0577. The highest BCUT2D eigenvalue weighted by Crippen LogP contribution is 2.37. The molecule has 0 saturated carbocycles. The molecule has 0 aromatic heterocycles. The van der Waals surface area contributed by atoms with Crippen LogP contribution in [-0.2, 0) is 13.1 Å². The van der Waals surface area contributed by atoms with Crippen LogP contribution in [0.15, 0.2) is 97.1 Å². The first-order chi connectivity index (χ1) is 24.1. The van der Waals surface area contributed by atoms with Crippen LogP contribution >= 0.6 is 0 Å². The molecule has 49 heavy (non-hydrogen) atoms. The summed E-state index contributed by atoms with van der Waals surface area (Å²) in [6, 6.07) is 33.9. The lowest BCUT2D eigenvalue weighted by molar-refractivity contribution is 0.0912. The molecule has 7 heteroatoms. The highest BCUT2D eigenvalue weighted by Gasteiger charge is 2.24. The van der Waals surface area contributed by atoms with Gasteiger partial charge in [-0.2, -0.15) is 0 Å². The van der Waals surface area contributed by atoms with Gasteiger partial charge in [-0.25, -0.2) is 0 Å². The lowest BCUT2D eigenvalue weighted by Crippen LogP contribution is -2.36. The third kappa shape index (κ3) is 8.58. The minimum Gasteiger partial charge on any atom is -0.485 e. The maximum absolute atomic E-state index is 9.37. The number of piperidine rings is 2. The van der Waals surface area contributed by atoms with Crippen molar-refractivity contribution in [3.8, 4) is 23.0 Å². The molecule has 8 rings (SSSR count). The summed E-state index contributed by atoms with van der Waals surface area (Å²) in [7, 11) is 0. The van der Waals surface area contributed by atoms with E-state index in [2.05, 4.69) is 65.3 Å². The van der Waals surface area contributed by atoms with Crippen LogP contribution in [0.3, 0.4) is 0 Å². The smallest absolute Gasteiger partial charge is 0.162 e. The van der Waals surface area contributed by atoms with E-state index in [1.165, 1.54) is 48.9 Å². The van der Waals surface area contributed by atoms with Crippen LogP contribution < -0.4 is 18.9 Å². The predicted octanol–water partition coefficient (Wildman–Crippen LogP) is 7.98. The molecular weight excluding hydrogens is 612 g/mol. The molecule has 4 aliphatic heterocycles. The Morgan fingerprint density at radius 2 is 1.16 bits per heavy atom. The Hall–Kier alpha value is -4.04. The maximum atomic E-state index is 9.37. The predicted molar refractivity (Wildman–Crippen MR) is 192 cm³/mol. The Morgan fingerprint density at radius 3 is 1.71 bits per heavy atom. The molecule has 0 spiro atoms. The van der Waals surface area contributed by atoms with Crippen LogP contribution in [0, 0.1) is 5.92 Å². The van der Waals surface area contributed by atoms with Crippen molar-refractivity contribution in [3.05, 3.63) is 119 Å². The van der Waals surface area contributed by atoms with Gasteiger partial charge in [0.25, 0.3) is 0 Å². The number of hydrogen-bond acceptors (Lipinski definition) is 7. The Bertz CT molecular complexity index is 1630. The highest BCUT2D eigenvalue weighted by atomic mass is 16.6. The van der Waals surface area contributed by atoms with Crippen LogP contribution in [0.25, 0.3) is 0 Å². The van der Waals surface area contributed by atoms with Crippen LogP contribution in [0.5, 0.6) is 23.0 Å². The van der Waals surface area contributed by atoms with E-state index in [9.17, 15) is 5.11 Å². The molecule has 258 valence electrons. The van der Waals surface area contributed by atoms with Gasteiger partial charge in [0.15, 0.2) is 35.2 Å². The first-order valence-corrected chi connectivity index (χ1v) is 18.1. The average molecular weight is 663 g/mol. The van der Waals surface area contributed by atoms with Gasteiger partial charge in [0.05, 0.1) is 0 Å². The second-order valence-electron chi connectivity index (χ2n) is 14.0. The van der Waals surface area contributed by atoms with Crippen molar-refractivity contribution in [2.45, 2.75) is 70.4 Å². The zero-order valence-electron chi connectivity index (χ0n) is 28.7. The van der Waals surface area contributed by atoms with Crippen molar-refractivity contribution in [1.29, 1.82) is 0 Å². The molecule has 4 aromatic carbocycles. The molecule has 2 fully saturated rings. The molecule has 0 amide bonds. The Balaban J connectivity index is 0.000000154. The van der Waals surface area contributed by atoms with E-state index in [1.54, 1.807) is 0 Å². The zero-order chi connectivity index (χ0) is 33.4. The number of benzene rings is 4.